The summed E-state index contributed by atoms with van der Waals surface area (Å²) in [5.74, 6) is 1.82. The Kier molecular flexibility index (Phi) is 3.26. The van der Waals surface area contributed by atoms with Crippen molar-refractivity contribution in [2.75, 3.05) is 0 Å². The van der Waals surface area contributed by atoms with Crippen LogP contribution in [0.4, 0.5) is 0 Å². The number of rotatable bonds is 4. The molecule has 0 saturated carbocycles. The van der Waals surface area contributed by atoms with Crippen LogP contribution in [0.3, 0.4) is 0 Å². The molecule has 0 fully saturated rings. The van der Waals surface area contributed by atoms with Crippen molar-refractivity contribution < 1.29 is 4.52 Å². The van der Waals surface area contributed by atoms with Gasteiger partial charge in [0, 0.05) is 6.42 Å². The van der Waals surface area contributed by atoms with Crippen LogP contribution in [0.25, 0.3) is 0 Å². The summed E-state index contributed by atoms with van der Waals surface area (Å²) in [6.45, 7) is 8.15. The van der Waals surface area contributed by atoms with E-state index in [2.05, 4.69) is 24.0 Å². The van der Waals surface area contributed by atoms with Gasteiger partial charge in [-0.25, -0.2) is 0 Å². The molecule has 1 aromatic heterocycles. The molecule has 1 heterocycles. The second-order valence-corrected chi connectivity index (χ2v) is 4.38. The number of nitrogens with two attached hydrogens (primary N) is 1. The first-order valence-electron chi connectivity index (χ1n) is 5.07. The highest BCUT2D eigenvalue weighted by molar-refractivity contribution is 4.99. The first-order chi connectivity index (χ1) is 6.45. The second kappa shape index (κ2) is 4.09. The summed E-state index contributed by atoms with van der Waals surface area (Å²) in [4.78, 5) is 4.29. The molecule has 80 valence electrons. The Hall–Kier alpha value is -0.900. The van der Waals surface area contributed by atoms with Crippen LogP contribution in [-0.2, 0) is 12.0 Å². The van der Waals surface area contributed by atoms with Crippen LogP contribution >= 0.6 is 0 Å². The van der Waals surface area contributed by atoms with Gasteiger partial charge in [0.1, 0.15) is 0 Å². The van der Waals surface area contributed by atoms with E-state index in [1.54, 1.807) is 0 Å². The molecule has 2 N–H and O–H groups in total. The van der Waals surface area contributed by atoms with Crippen molar-refractivity contribution in [2.24, 2.45) is 11.7 Å². The summed E-state index contributed by atoms with van der Waals surface area (Å²) in [5.41, 5.74) is 5.49. The maximum absolute atomic E-state index is 5.99. The lowest BCUT2D eigenvalue weighted by Crippen LogP contribution is -2.32. The van der Waals surface area contributed by atoms with Gasteiger partial charge in [0.25, 0.3) is 0 Å². The molecule has 4 nitrogen and oxygen atoms in total. The van der Waals surface area contributed by atoms with E-state index in [1.165, 1.54) is 0 Å². The molecule has 0 aromatic carbocycles. The Morgan fingerprint density at radius 2 is 2.14 bits per heavy atom. The molecule has 0 radical (unpaired) electrons. The second-order valence-electron chi connectivity index (χ2n) is 4.38. The molecule has 1 rings (SSSR count). The molecule has 0 bridgehead atoms. The summed E-state index contributed by atoms with van der Waals surface area (Å²) in [6, 6.07) is 0. The van der Waals surface area contributed by atoms with E-state index in [9.17, 15) is 0 Å². The molecular formula is C10H19N3O. The average Bonchev–Trinajstić information content (AvgIpc) is 2.52. The largest absolute Gasteiger partial charge is 0.337 e. The van der Waals surface area contributed by atoms with Gasteiger partial charge in [-0.1, -0.05) is 25.9 Å². The van der Waals surface area contributed by atoms with Gasteiger partial charge in [-0.3, -0.25) is 0 Å². The fourth-order valence-electron chi connectivity index (χ4n) is 1.09. The van der Waals surface area contributed by atoms with Crippen molar-refractivity contribution >= 4 is 0 Å². The standard InChI is InChI=1S/C10H19N3O/c1-5-10(4,11)9-12-8(13-14-9)6-7(2)3/h7H,5-6,11H2,1-4H3. The number of hydrogen-bond donors (Lipinski definition) is 1. The lowest BCUT2D eigenvalue weighted by Gasteiger charge is -2.16. The molecule has 4 heteroatoms. The molecule has 1 atom stereocenters. The first-order valence-corrected chi connectivity index (χ1v) is 5.07. The average molecular weight is 197 g/mol. The maximum Gasteiger partial charge on any atom is 0.246 e. The van der Waals surface area contributed by atoms with Crippen LogP contribution in [0.15, 0.2) is 4.52 Å². The van der Waals surface area contributed by atoms with Gasteiger partial charge in [0.2, 0.25) is 5.89 Å². The van der Waals surface area contributed by atoms with E-state index < -0.39 is 5.54 Å². The summed E-state index contributed by atoms with van der Waals surface area (Å²) in [5, 5.41) is 3.90. The summed E-state index contributed by atoms with van der Waals surface area (Å²) in [7, 11) is 0. The molecule has 1 aromatic rings. The Balaban J connectivity index is 2.77. The minimum Gasteiger partial charge on any atom is -0.337 e. The van der Waals surface area contributed by atoms with Crippen molar-refractivity contribution in [3.05, 3.63) is 11.7 Å². The third-order valence-corrected chi connectivity index (χ3v) is 2.28. The Bertz CT molecular complexity index is 291. The van der Waals surface area contributed by atoms with Crippen LogP contribution in [-0.4, -0.2) is 10.1 Å². The van der Waals surface area contributed by atoms with Crippen LogP contribution in [0, 0.1) is 5.92 Å². The van der Waals surface area contributed by atoms with Crippen molar-refractivity contribution in [1.82, 2.24) is 10.1 Å². The highest BCUT2D eigenvalue weighted by atomic mass is 16.5. The fraction of sp³-hybridized carbons (Fsp3) is 0.800. The zero-order valence-electron chi connectivity index (χ0n) is 9.37. The third kappa shape index (κ3) is 2.54. The van der Waals surface area contributed by atoms with Crippen LogP contribution in [0.5, 0.6) is 0 Å². The molecule has 1 unspecified atom stereocenters. The van der Waals surface area contributed by atoms with Gasteiger partial charge in [0.15, 0.2) is 5.82 Å². The van der Waals surface area contributed by atoms with Crippen molar-refractivity contribution in [3.63, 3.8) is 0 Å². The molecule has 0 aliphatic rings. The van der Waals surface area contributed by atoms with E-state index >= 15 is 0 Å². The summed E-state index contributed by atoms with van der Waals surface area (Å²) >= 11 is 0. The number of aromatic nitrogens is 2. The molecule has 0 spiro atoms. The van der Waals surface area contributed by atoms with Gasteiger partial charge in [-0.2, -0.15) is 4.98 Å². The topological polar surface area (TPSA) is 64.9 Å². The van der Waals surface area contributed by atoms with E-state index in [0.29, 0.717) is 11.8 Å². The quantitative estimate of drug-likeness (QED) is 0.800. The molecule has 0 aliphatic carbocycles. The normalized spacial score (nSPS) is 15.9. The molecule has 0 aliphatic heterocycles. The smallest absolute Gasteiger partial charge is 0.246 e. The van der Waals surface area contributed by atoms with Crippen molar-refractivity contribution in [1.29, 1.82) is 0 Å². The molecule has 14 heavy (non-hydrogen) atoms. The lowest BCUT2D eigenvalue weighted by atomic mass is 10.0. The molecule has 0 saturated heterocycles. The SMILES string of the molecule is CCC(C)(N)c1nc(CC(C)C)no1. The Morgan fingerprint density at radius 1 is 1.50 bits per heavy atom. The Morgan fingerprint density at radius 3 is 2.64 bits per heavy atom. The predicted molar refractivity (Wildman–Crippen MR) is 54.7 cm³/mol. The van der Waals surface area contributed by atoms with Gasteiger partial charge < -0.3 is 10.3 Å². The van der Waals surface area contributed by atoms with E-state index in [0.717, 1.165) is 18.7 Å². The van der Waals surface area contributed by atoms with Gasteiger partial charge >= 0.3 is 0 Å². The number of hydrogen-bond acceptors (Lipinski definition) is 4. The van der Waals surface area contributed by atoms with E-state index in [-0.39, 0.29) is 0 Å². The van der Waals surface area contributed by atoms with Crippen LogP contribution in [0.1, 0.15) is 45.8 Å². The van der Waals surface area contributed by atoms with Crippen LogP contribution in [0.2, 0.25) is 0 Å². The van der Waals surface area contributed by atoms with Crippen molar-refractivity contribution in [2.45, 2.75) is 46.1 Å². The van der Waals surface area contributed by atoms with Gasteiger partial charge in [-0.15, -0.1) is 0 Å². The molecule has 0 amide bonds. The van der Waals surface area contributed by atoms with E-state index in [1.807, 2.05) is 13.8 Å². The lowest BCUT2D eigenvalue weighted by molar-refractivity contribution is 0.289. The first kappa shape index (κ1) is 11.2. The maximum atomic E-state index is 5.99. The Labute approximate surface area is 84.9 Å². The zero-order chi connectivity index (χ0) is 10.8. The van der Waals surface area contributed by atoms with Crippen LogP contribution < -0.4 is 5.73 Å². The van der Waals surface area contributed by atoms with Gasteiger partial charge in [-0.05, 0) is 19.3 Å². The van der Waals surface area contributed by atoms with Crippen molar-refractivity contribution in [3.8, 4) is 0 Å². The monoisotopic (exact) mass is 197 g/mol. The fourth-order valence-corrected chi connectivity index (χ4v) is 1.09. The van der Waals surface area contributed by atoms with Gasteiger partial charge in [0.05, 0.1) is 5.54 Å². The van der Waals surface area contributed by atoms with E-state index in [4.69, 9.17) is 10.3 Å². The third-order valence-electron chi connectivity index (χ3n) is 2.28. The highest BCUT2D eigenvalue weighted by Gasteiger charge is 2.26. The minimum atomic E-state index is -0.498. The summed E-state index contributed by atoms with van der Waals surface area (Å²) in [6.07, 6.45) is 1.62. The number of nitrogens with zero attached hydrogens (tertiary/aromatic N) is 2. The zero-order valence-corrected chi connectivity index (χ0v) is 9.37. The highest BCUT2D eigenvalue weighted by Crippen LogP contribution is 2.19. The summed E-state index contributed by atoms with van der Waals surface area (Å²) < 4.78 is 5.14. The minimum absolute atomic E-state index is 0.498. The predicted octanol–water partition coefficient (Wildman–Crippen LogP) is 1.85. The molecular weight excluding hydrogens is 178 g/mol.